The quantitative estimate of drug-likeness (QED) is 0.587. The van der Waals surface area contributed by atoms with Crippen LogP contribution in [0.25, 0.3) is 5.52 Å². The number of carbonyl (C=O) groups is 2. The van der Waals surface area contributed by atoms with Gasteiger partial charge < -0.3 is 10.6 Å². The summed E-state index contributed by atoms with van der Waals surface area (Å²) in [4.78, 5) is 29.4. The summed E-state index contributed by atoms with van der Waals surface area (Å²) < 4.78 is 14.6. The van der Waals surface area contributed by atoms with Crippen LogP contribution in [0, 0.1) is 5.82 Å². The third-order valence-electron chi connectivity index (χ3n) is 4.40. The standard InChI is InChI=1S/C21H23FN4O2/c1-2-3-5-12-23-20(27)18-17-7-4-6-13-26(17)19(25-18)21(28)24-14-15-8-10-16(22)11-9-15/h4,6-11,13H,2-3,5,12,14H2,1H3,(H,23,27)(H,24,28). The third kappa shape index (κ3) is 4.54. The fourth-order valence-corrected chi connectivity index (χ4v) is 2.89. The van der Waals surface area contributed by atoms with Crippen LogP contribution in [0.4, 0.5) is 4.39 Å². The molecule has 28 heavy (non-hydrogen) atoms. The number of rotatable bonds is 8. The summed E-state index contributed by atoms with van der Waals surface area (Å²) in [6.07, 6.45) is 4.71. The molecule has 146 valence electrons. The molecule has 7 heteroatoms. The van der Waals surface area contributed by atoms with E-state index in [4.69, 9.17) is 0 Å². The molecule has 0 fully saturated rings. The molecule has 2 N–H and O–H groups in total. The smallest absolute Gasteiger partial charge is 0.287 e. The number of fused-ring (bicyclic) bond motifs is 1. The van der Waals surface area contributed by atoms with E-state index < -0.39 is 5.91 Å². The van der Waals surface area contributed by atoms with Crippen molar-refractivity contribution < 1.29 is 14.0 Å². The second-order valence-electron chi connectivity index (χ2n) is 6.51. The van der Waals surface area contributed by atoms with Crippen LogP contribution in [0.15, 0.2) is 48.7 Å². The Morgan fingerprint density at radius 2 is 1.82 bits per heavy atom. The number of aromatic nitrogens is 2. The van der Waals surface area contributed by atoms with Gasteiger partial charge in [0, 0.05) is 19.3 Å². The first kappa shape index (κ1) is 19.5. The van der Waals surface area contributed by atoms with Gasteiger partial charge in [0.1, 0.15) is 5.82 Å². The molecule has 1 aromatic carbocycles. The molecule has 3 rings (SSSR count). The fourth-order valence-electron chi connectivity index (χ4n) is 2.89. The highest BCUT2D eigenvalue weighted by Crippen LogP contribution is 2.14. The van der Waals surface area contributed by atoms with E-state index in [9.17, 15) is 14.0 Å². The number of imidazole rings is 1. The number of halogens is 1. The van der Waals surface area contributed by atoms with E-state index in [0.29, 0.717) is 12.1 Å². The van der Waals surface area contributed by atoms with Gasteiger partial charge in [-0.2, -0.15) is 0 Å². The van der Waals surface area contributed by atoms with Crippen LogP contribution in [0.1, 0.15) is 52.9 Å². The van der Waals surface area contributed by atoms with E-state index in [-0.39, 0.29) is 29.8 Å². The van der Waals surface area contributed by atoms with Gasteiger partial charge in [-0.3, -0.25) is 14.0 Å². The predicted octanol–water partition coefficient (Wildman–Crippen LogP) is 3.32. The summed E-state index contributed by atoms with van der Waals surface area (Å²) in [7, 11) is 0. The molecule has 0 spiro atoms. The van der Waals surface area contributed by atoms with Gasteiger partial charge in [-0.05, 0) is 36.2 Å². The lowest BCUT2D eigenvalue weighted by atomic mass is 10.2. The molecule has 2 aromatic heterocycles. The van der Waals surface area contributed by atoms with Gasteiger partial charge in [-0.15, -0.1) is 0 Å². The number of pyridine rings is 1. The van der Waals surface area contributed by atoms with Gasteiger partial charge in [-0.25, -0.2) is 9.37 Å². The van der Waals surface area contributed by atoms with E-state index in [1.54, 1.807) is 40.9 Å². The molecule has 0 radical (unpaired) electrons. The van der Waals surface area contributed by atoms with E-state index in [0.717, 1.165) is 24.8 Å². The number of nitrogens with one attached hydrogen (secondary N) is 2. The third-order valence-corrected chi connectivity index (χ3v) is 4.40. The Balaban J connectivity index is 1.76. The zero-order valence-corrected chi connectivity index (χ0v) is 15.7. The van der Waals surface area contributed by atoms with E-state index >= 15 is 0 Å². The lowest BCUT2D eigenvalue weighted by Gasteiger charge is -2.04. The summed E-state index contributed by atoms with van der Waals surface area (Å²) in [5.41, 5.74) is 1.57. The normalized spacial score (nSPS) is 10.8. The highest BCUT2D eigenvalue weighted by Gasteiger charge is 2.21. The monoisotopic (exact) mass is 382 g/mol. The van der Waals surface area contributed by atoms with Crippen LogP contribution in [0.5, 0.6) is 0 Å². The van der Waals surface area contributed by atoms with Crippen molar-refractivity contribution in [2.24, 2.45) is 0 Å². The Bertz CT molecular complexity index is 966. The van der Waals surface area contributed by atoms with Crippen molar-refractivity contribution in [3.63, 3.8) is 0 Å². The highest BCUT2D eigenvalue weighted by atomic mass is 19.1. The Labute approximate surface area is 162 Å². The van der Waals surface area contributed by atoms with E-state index in [2.05, 4.69) is 22.5 Å². The lowest BCUT2D eigenvalue weighted by Crippen LogP contribution is -2.26. The lowest BCUT2D eigenvalue weighted by molar-refractivity contribution is 0.0939. The minimum absolute atomic E-state index is 0.136. The Hall–Kier alpha value is -3.22. The number of carbonyl (C=O) groups excluding carboxylic acids is 2. The highest BCUT2D eigenvalue weighted by molar-refractivity contribution is 6.02. The van der Waals surface area contributed by atoms with Crippen molar-refractivity contribution in [2.45, 2.75) is 32.7 Å². The second-order valence-corrected chi connectivity index (χ2v) is 6.51. The zero-order valence-electron chi connectivity index (χ0n) is 15.7. The average molecular weight is 382 g/mol. The largest absolute Gasteiger partial charge is 0.351 e. The SMILES string of the molecule is CCCCCNC(=O)c1nc(C(=O)NCc2ccc(F)cc2)n2ccccc12. The van der Waals surface area contributed by atoms with Crippen LogP contribution in [0.3, 0.4) is 0 Å². The summed E-state index contributed by atoms with van der Waals surface area (Å²) in [5.74, 6) is -0.895. The van der Waals surface area contributed by atoms with Gasteiger partial charge in [0.15, 0.2) is 5.69 Å². The molecule has 0 aliphatic rings. The van der Waals surface area contributed by atoms with E-state index in [1.807, 2.05) is 0 Å². The summed E-state index contributed by atoms with van der Waals surface area (Å²) in [5, 5.41) is 5.62. The van der Waals surface area contributed by atoms with Crippen molar-refractivity contribution >= 4 is 17.3 Å². The van der Waals surface area contributed by atoms with Crippen LogP contribution in [-0.4, -0.2) is 27.7 Å². The van der Waals surface area contributed by atoms with Crippen LogP contribution < -0.4 is 10.6 Å². The van der Waals surface area contributed by atoms with Crippen LogP contribution in [-0.2, 0) is 6.54 Å². The first-order valence-corrected chi connectivity index (χ1v) is 9.38. The minimum Gasteiger partial charge on any atom is -0.351 e. The molecule has 0 saturated carbocycles. The van der Waals surface area contributed by atoms with Gasteiger partial charge in [0.25, 0.3) is 11.8 Å². The summed E-state index contributed by atoms with van der Waals surface area (Å²) >= 11 is 0. The molecule has 0 saturated heterocycles. The first-order valence-electron chi connectivity index (χ1n) is 9.38. The van der Waals surface area contributed by atoms with Crippen molar-refractivity contribution in [2.75, 3.05) is 6.54 Å². The Morgan fingerprint density at radius 3 is 2.57 bits per heavy atom. The number of hydrogen-bond acceptors (Lipinski definition) is 3. The molecular weight excluding hydrogens is 359 g/mol. The molecule has 3 aromatic rings. The maximum absolute atomic E-state index is 13.0. The molecule has 0 bridgehead atoms. The topological polar surface area (TPSA) is 75.5 Å². The number of benzene rings is 1. The van der Waals surface area contributed by atoms with E-state index in [1.165, 1.54) is 12.1 Å². The molecule has 0 unspecified atom stereocenters. The molecule has 6 nitrogen and oxygen atoms in total. The van der Waals surface area contributed by atoms with Crippen molar-refractivity contribution in [3.05, 3.63) is 71.6 Å². The molecule has 2 heterocycles. The maximum atomic E-state index is 13.0. The maximum Gasteiger partial charge on any atom is 0.287 e. The predicted molar refractivity (Wildman–Crippen MR) is 105 cm³/mol. The van der Waals surface area contributed by atoms with Gasteiger partial charge in [-0.1, -0.05) is 38.0 Å². The van der Waals surface area contributed by atoms with Gasteiger partial charge in [0.05, 0.1) is 5.52 Å². The Morgan fingerprint density at radius 1 is 1.04 bits per heavy atom. The molecule has 2 amide bonds. The number of hydrogen-bond donors (Lipinski definition) is 2. The first-order chi connectivity index (χ1) is 13.6. The molecule has 0 atom stereocenters. The van der Waals surface area contributed by atoms with Crippen LogP contribution >= 0.6 is 0 Å². The molecule has 0 aliphatic carbocycles. The summed E-state index contributed by atoms with van der Waals surface area (Å²) in [6, 6.07) is 11.2. The number of amides is 2. The average Bonchev–Trinajstić information content (AvgIpc) is 3.10. The molecule has 0 aliphatic heterocycles. The van der Waals surface area contributed by atoms with Gasteiger partial charge >= 0.3 is 0 Å². The number of nitrogens with zero attached hydrogens (tertiary/aromatic N) is 2. The fraction of sp³-hybridized carbons (Fsp3) is 0.286. The minimum atomic E-state index is -0.407. The number of unbranched alkanes of at least 4 members (excludes halogenated alkanes) is 2. The van der Waals surface area contributed by atoms with Crippen molar-refractivity contribution in [1.82, 2.24) is 20.0 Å². The van der Waals surface area contributed by atoms with Crippen LogP contribution in [0.2, 0.25) is 0 Å². The van der Waals surface area contributed by atoms with Gasteiger partial charge in [0.2, 0.25) is 5.82 Å². The molecular formula is C21H23FN4O2. The second kappa shape index (κ2) is 9.12. The van der Waals surface area contributed by atoms with Crippen molar-refractivity contribution in [3.8, 4) is 0 Å². The Kier molecular flexibility index (Phi) is 6.37. The zero-order chi connectivity index (χ0) is 19.9. The summed E-state index contributed by atoms with van der Waals surface area (Å²) in [6.45, 7) is 2.91. The van der Waals surface area contributed by atoms with Crippen molar-refractivity contribution in [1.29, 1.82) is 0 Å².